The number of para-hydroxylation sites is 1. The van der Waals surface area contributed by atoms with Gasteiger partial charge in [-0.3, -0.25) is 4.79 Å². The molecule has 2 aromatic carbocycles. The van der Waals surface area contributed by atoms with E-state index in [9.17, 15) is 4.79 Å². The number of carbonyl (C=O) groups is 1. The van der Waals surface area contributed by atoms with Gasteiger partial charge in [0, 0.05) is 43.2 Å². The Hall–Kier alpha value is -2.99. The van der Waals surface area contributed by atoms with E-state index in [4.69, 9.17) is 9.47 Å². The average Bonchev–Trinajstić information content (AvgIpc) is 3.14. The molecule has 0 fully saturated rings. The molecule has 28 heavy (non-hydrogen) atoms. The van der Waals surface area contributed by atoms with E-state index in [0.29, 0.717) is 37.6 Å². The standard InChI is InChI=1S/C22H27N3O3/c1-27-20-8-7-16(13-21(20)28-2)14-23-11-10-22(26)24-12-9-17-15-25-19-6-4-3-5-18(17)19/h3-8,13,15,23,25H,9-12,14H2,1-2H3,(H,24,26). The van der Waals surface area contributed by atoms with Crippen LogP contribution in [0.3, 0.4) is 0 Å². The van der Waals surface area contributed by atoms with E-state index in [1.54, 1.807) is 14.2 Å². The number of rotatable bonds is 10. The molecule has 0 spiro atoms. The minimum atomic E-state index is 0.0552. The van der Waals surface area contributed by atoms with Crippen LogP contribution in [0.4, 0.5) is 0 Å². The van der Waals surface area contributed by atoms with Crippen LogP contribution in [-0.4, -0.2) is 38.2 Å². The lowest BCUT2D eigenvalue weighted by atomic mass is 10.1. The quantitative estimate of drug-likeness (QED) is 0.472. The molecule has 0 unspecified atom stereocenters. The van der Waals surface area contributed by atoms with Gasteiger partial charge in [0.15, 0.2) is 11.5 Å². The summed E-state index contributed by atoms with van der Waals surface area (Å²) >= 11 is 0. The number of fused-ring (bicyclic) bond motifs is 1. The van der Waals surface area contributed by atoms with Gasteiger partial charge in [-0.1, -0.05) is 24.3 Å². The summed E-state index contributed by atoms with van der Waals surface area (Å²) in [6, 6.07) is 14.0. The van der Waals surface area contributed by atoms with Crippen molar-refractivity contribution in [2.24, 2.45) is 0 Å². The first-order valence-electron chi connectivity index (χ1n) is 9.44. The monoisotopic (exact) mass is 381 g/mol. The number of amides is 1. The molecule has 1 heterocycles. The largest absolute Gasteiger partial charge is 0.493 e. The normalized spacial score (nSPS) is 10.8. The third kappa shape index (κ3) is 5.04. The molecule has 0 aliphatic carbocycles. The van der Waals surface area contributed by atoms with Gasteiger partial charge in [0.05, 0.1) is 14.2 Å². The van der Waals surface area contributed by atoms with E-state index in [1.165, 1.54) is 10.9 Å². The summed E-state index contributed by atoms with van der Waals surface area (Å²) < 4.78 is 10.5. The zero-order valence-corrected chi connectivity index (χ0v) is 16.4. The number of methoxy groups -OCH3 is 2. The predicted octanol–water partition coefficient (Wildman–Crippen LogP) is 3.02. The number of hydrogen-bond acceptors (Lipinski definition) is 4. The minimum Gasteiger partial charge on any atom is -0.493 e. The summed E-state index contributed by atoms with van der Waals surface area (Å²) in [5, 5.41) is 7.49. The first-order chi connectivity index (χ1) is 13.7. The number of aromatic nitrogens is 1. The van der Waals surface area contributed by atoms with E-state index in [0.717, 1.165) is 17.5 Å². The van der Waals surface area contributed by atoms with Gasteiger partial charge in [-0.25, -0.2) is 0 Å². The minimum absolute atomic E-state index is 0.0552. The number of H-pyrrole nitrogens is 1. The molecular formula is C22H27N3O3. The third-order valence-electron chi connectivity index (χ3n) is 4.70. The van der Waals surface area contributed by atoms with Crippen molar-refractivity contribution >= 4 is 16.8 Å². The Kier molecular flexibility index (Phi) is 6.92. The molecule has 0 saturated heterocycles. The Labute approximate surface area is 165 Å². The zero-order valence-electron chi connectivity index (χ0n) is 16.4. The first kappa shape index (κ1) is 19.8. The second-order valence-electron chi connectivity index (χ2n) is 6.58. The highest BCUT2D eigenvalue weighted by Gasteiger charge is 2.06. The summed E-state index contributed by atoms with van der Waals surface area (Å²) in [5.74, 6) is 1.47. The van der Waals surface area contributed by atoms with Crippen molar-refractivity contribution in [2.45, 2.75) is 19.4 Å². The molecular weight excluding hydrogens is 354 g/mol. The maximum atomic E-state index is 12.0. The molecule has 3 N–H and O–H groups in total. The Balaban J connectivity index is 1.36. The predicted molar refractivity (Wildman–Crippen MR) is 111 cm³/mol. The van der Waals surface area contributed by atoms with E-state index < -0.39 is 0 Å². The average molecular weight is 381 g/mol. The van der Waals surface area contributed by atoms with Gasteiger partial charge in [0.2, 0.25) is 5.91 Å². The Morgan fingerprint density at radius 2 is 1.86 bits per heavy atom. The number of carbonyl (C=O) groups excluding carboxylic acids is 1. The van der Waals surface area contributed by atoms with Crippen LogP contribution in [0.15, 0.2) is 48.7 Å². The highest BCUT2D eigenvalue weighted by Crippen LogP contribution is 2.27. The van der Waals surface area contributed by atoms with Crippen LogP contribution in [0.5, 0.6) is 11.5 Å². The lowest BCUT2D eigenvalue weighted by Crippen LogP contribution is -2.29. The van der Waals surface area contributed by atoms with Crippen molar-refractivity contribution in [1.29, 1.82) is 0 Å². The van der Waals surface area contributed by atoms with Gasteiger partial charge in [0.25, 0.3) is 0 Å². The summed E-state index contributed by atoms with van der Waals surface area (Å²) in [4.78, 5) is 15.3. The van der Waals surface area contributed by atoms with Gasteiger partial charge >= 0.3 is 0 Å². The molecule has 0 aliphatic heterocycles. The van der Waals surface area contributed by atoms with Crippen molar-refractivity contribution in [3.63, 3.8) is 0 Å². The molecule has 6 nitrogen and oxygen atoms in total. The lowest BCUT2D eigenvalue weighted by Gasteiger charge is -2.10. The van der Waals surface area contributed by atoms with Crippen molar-refractivity contribution in [2.75, 3.05) is 27.3 Å². The summed E-state index contributed by atoms with van der Waals surface area (Å²) in [5.41, 5.74) is 3.43. The Bertz CT molecular complexity index is 920. The summed E-state index contributed by atoms with van der Waals surface area (Å²) in [6.45, 7) is 1.92. The second-order valence-corrected chi connectivity index (χ2v) is 6.58. The summed E-state index contributed by atoms with van der Waals surface area (Å²) in [6.07, 6.45) is 3.28. The van der Waals surface area contributed by atoms with Crippen LogP contribution in [0.25, 0.3) is 10.9 Å². The van der Waals surface area contributed by atoms with Gasteiger partial charge in [-0.05, 0) is 35.7 Å². The topological polar surface area (TPSA) is 75.4 Å². The highest BCUT2D eigenvalue weighted by atomic mass is 16.5. The molecule has 1 aromatic heterocycles. The number of ether oxygens (including phenoxy) is 2. The molecule has 1 amide bonds. The van der Waals surface area contributed by atoms with E-state index in [2.05, 4.69) is 27.8 Å². The molecule has 0 bridgehead atoms. The van der Waals surface area contributed by atoms with Crippen LogP contribution < -0.4 is 20.1 Å². The van der Waals surface area contributed by atoms with Crippen molar-refractivity contribution in [3.8, 4) is 11.5 Å². The third-order valence-corrected chi connectivity index (χ3v) is 4.70. The molecule has 0 aliphatic rings. The van der Waals surface area contributed by atoms with E-state index >= 15 is 0 Å². The molecule has 0 saturated carbocycles. The van der Waals surface area contributed by atoms with Gasteiger partial charge in [0.1, 0.15) is 0 Å². The lowest BCUT2D eigenvalue weighted by molar-refractivity contribution is -0.120. The smallest absolute Gasteiger partial charge is 0.221 e. The van der Waals surface area contributed by atoms with Crippen molar-refractivity contribution in [1.82, 2.24) is 15.6 Å². The van der Waals surface area contributed by atoms with Crippen LogP contribution >= 0.6 is 0 Å². The molecule has 3 aromatic rings. The number of nitrogens with one attached hydrogen (secondary N) is 3. The van der Waals surface area contributed by atoms with Gasteiger partial charge in [-0.2, -0.15) is 0 Å². The molecule has 0 atom stereocenters. The fourth-order valence-corrected chi connectivity index (χ4v) is 3.19. The van der Waals surface area contributed by atoms with Crippen LogP contribution in [0, 0.1) is 0 Å². The van der Waals surface area contributed by atoms with Crippen LogP contribution in [0.2, 0.25) is 0 Å². The van der Waals surface area contributed by atoms with Crippen molar-refractivity contribution in [3.05, 3.63) is 59.8 Å². The van der Waals surface area contributed by atoms with Crippen LogP contribution in [0.1, 0.15) is 17.5 Å². The first-order valence-corrected chi connectivity index (χ1v) is 9.44. The maximum absolute atomic E-state index is 12.0. The van der Waals surface area contributed by atoms with E-state index in [-0.39, 0.29) is 5.91 Å². The van der Waals surface area contributed by atoms with Crippen LogP contribution in [-0.2, 0) is 17.8 Å². The maximum Gasteiger partial charge on any atom is 0.221 e. The fraction of sp³-hybridized carbons (Fsp3) is 0.318. The van der Waals surface area contributed by atoms with Crippen molar-refractivity contribution < 1.29 is 14.3 Å². The Morgan fingerprint density at radius 3 is 2.68 bits per heavy atom. The SMILES string of the molecule is COc1ccc(CNCCC(=O)NCCc2c[nH]c3ccccc23)cc1OC. The molecule has 3 rings (SSSR count). The van der Waals surface area contributed by atoms with Gasteiger partial charge in [-0.15, -0.1) is 0 Å². The highest BCUT2D eigenvalue weighted by molar-refractivity contribution is 5.83. The van der Waals surface area contributed by atoms with E-state index in [1.807, 2.05) is 36.5 Å². The molecule has 148 valence electrons. The fourth-order valence-electron chi connectivity index (χ4n) is 3.19. The molecule has 0 radical (unpaired) electrons. The zero-order chi connectivity index (χ0) is 19.8. The van der Waals surface area contributed by atoms with Gasteiger partial charge < -0.3 is 25.1 Å². The molecule has 6 heteroatoms. The summed E-state index contributed by atoms with van der Waals surface area (Å²) in [7, 11) is 3.24. The number of benzene rings is 2. The second kappa shape index (κ2) is 9.80. The number of aromatic amines is 1. The Morgan fingerprint density at radius 1 is 1.04 bits per heavy atom. The number of hydrogen-bond donors (Lipinski definition) is 3.